The van der Waals surface area contributed by atoms with Gasteiger partial charge in [0.1, 0.15) is 18.8 Å². The van der Waals surface area contributed by atoms with Gasteiger partial charge in [0.15, 0.2) is 5.60 Å². The maximum Gasteiger partial charge on any atom is 0.341 e. The number of aliphatic hydroxyl groups excluding tert-OH is 1. The number of rotatable bonds is 6. The van der Waals surface area contributed by atoms with E-state index in [0.717, 1.165) is 29.6 Å². The fourth-order valence-electron chi connectivity index (χ4n) is 3.90. The largest absolute Gasteiger partial charge is 1.00 e. The minimum absolute atomic E-state index is 0. The van der Waals surface area contributed by atoms with Gasteiger partial charge in [-0.25, -0.2) is 4.79 Å². The summed E-state index contributed by atoms with van der Waals surface area (Å²) in [5.74, 6) is -1.00. The van der Waals surface area contributed by atoms with Crippen molar-refractivity contribution in [2.75, 3.05) is 33.9 Å². The Hall–Kier alpha value is -0.220. The van der Waals surface area contributed by atoms with E-state index >= 15 is 0 Å². The molecule has 0 aromatic carbocycles. The van der Waals surface area contributed by atoms with E-state index in [1.807, 2.05) is 0 Å². The number of esters is 1. The molecule has 5 unspecified atom stereocenters. The number of fused-ring (bicyclic) bond motifs is 1. The molecular weight excluding hydrogens is 425 g/mol. The number of likely N-dealkylation sites (N-methyl/N-ethyl adjacent to an activating group) is 1. The fourth-order valence-corrected chi connectivity index (χ4v) is 3.90. The van der Waals surface area contributed by atoms with Crippen molar-refractivity contribution < 1.29 is 52.9 Å². The van der Waals surface area contributed by atoms with Gasteiger partial charge in [-0.15, -0.1) is 0 Å². The Morgan fingerprint density at radius 1 is 1.46 bits per heavy atom. The molecule has 0 amide bonds. The Morgan fingerprint density at radius 2 is 2.08 bits per heavy atom. The lowest BCUT2D eigenvalue weighted by Gasteiger charge is -2.35. The van der Waals surface area contributed by atoms with Crippen LogP contribution in [0, 0.1) is 5.92 Å². The normalized spacial score (nSPS) is 32.6. The van der Waals surface area contributed by atoms with E-state index in [2.05, 4.69) is 13.1 Å². The standard InChI is InChI=1S/C17H30NO5.HI/c1-11(2)17(21,12(3)22-5)16(20)23-10-13-6-8-18(4)9-7-14(19)15(13)18;/h6,11-12,14-15,19,21H,7-10H2,1-5H3;1H/q+1;/p-1. The Morgan fingerprint density at radius 3 is 2.62 bits per heavy atom. The van der Waals surface area contributed by atoms with Crippen LogP contribution in [0.25, 0.3) is 0 Å². The molecule has 6 nitrogen and oxygen atoms in total. The zero-order valence-electron chi connectivity index (χ0n) is 15.2. The third kappa shape index (κ3) is 3.65. The van der Waals surface area contributed by atoms with Crippen LogP contribution in [0.15, 0.2) is 11.6 Å². The van der Waals surface area contributed by atoms with Crippen molar-refractivity contribution in [1.82, 2.24) is 0 Å². The van der Waals surface area contributed by atoms with Gasteiger partial charge in [-0.2, -0.15) is 0 Å². The summed E-state index contributed by atoms with van der Waals surface area (Å²) < 4.78 is 11.4. The van der Waals surface area contributed by atoms with Gasteiger partial charge in [-0.3, -0.25) is 0 Å². The van der Waals surface area contributed by atoms with Crippen LogP contribution in [-0.2, 0) is 14.3 Å². The predicted octanol–water partition coefficient (Wildman–Crippen LogP) is -2.52. The molecule has 2 rings (SSSR count). The van der Waals surface area contributed by atoms with Crippen LogP contribution in [0.5, 0.6) is 0 Å². The summed E-state index contributed by atoms with van der Waals surface area (Å²) in [6, 6.07) is -0.00482. The summed E-state index contributed by atoms with van der Waals surface area (Å²) in [6.45, 7) is 7.07. The molecule has 0 aromatic heterocycles. The summed E-state index contributed by atoms with van der Waals surface area (Å²) in [4.78, 5) is 12.5. The second-order valence-electron chi connectivity index (χ2n) is 7.40. The minimum Gasteiger partial charge on any atom is -1.00 e. The highest BCUT2D eigenvalue weighted by molar-refractivity contribution is 5.80. The second kappa shape index (κ2) is 7.99. The lowest BCUT2D eigenvalue weighted by molar-refractivity contribution is -0.906. The summed E-state index contributed by atoms with van der Waals surface area (Å²) in [6.07, 6.45) is 1.76. The number of halogens is 1. The molecular formula is C17H30INO5. The Kier molecular flexibility index (Phi) is 7.26. The Labute approximate surface area is 161 Å². The van der Waals surface area contributed by atoms with Crippen molar-refractivity contribution in [3.63, 3.8) is 0 Å². The minimum atomic E-state index is -1.68. The molecule has 2 heterocycles. The van der Waals surface area contributed by atoms with Gasteiger partial charge >= 0.3 is 5.97 Å². The zero-order chi connectivity index (χ0) is 17.4. The van der Waals surface area contributed by atoms with Crippen LogP contribution in [0.1, 0.15) is 27.2 Å². The van der Waals surface area contributed by atoms with Crippen LogP contribution >= 0.6 is 0 Å². The van der Waals surface area contributed by atoms with Crippen LogP contribution in [0.2, 0.25) is 0 Å². The number of ether oxygens (including phenoxy) is 2. The molecule has 0 bridgehead atoms. The van der Waals surface area contributed by atoms with Crippen molar-refractivity contribution in [2.24, 2.45) is 5.92 Å². The van der Waals surface area contributed by atoms with E-state index in [4.69, 9.17) is 9.47 Å². The first-order valence-electron chi connectivity index (χ1n) is 8.30. The molecule has 5 atom stereocenters. The number of quaternary nitrogens is 1. The maximum atomic E-state index is 12.5. The molecule has 140 valence electrons. The summed E-state index contributed by atoms with van der Waals surface area (Å²) >= 11 is 0. The summed E-state index contributed by atoms with van der Waals surface area (Å²) in [5.41, 5.74) is -0.734. The number of carbonyl (C=O) groups is 1. The first-order valence-corrected chi connectivity index (χ1v) is 8.30. The molecule has 0 saturated carbocycles. The first kappa shape index (κ1) is 21.8. The van der Waals surface area contributed by atoms with Gasteiger partial charge in [0.25, 0.3) is 0 Å². The number of carbonyl (C=O) groups excluding carboxylic acids is 1. The average molecular weight is 455 g/mol. The quantitative estimate of drug-likeness (QED) is 0.200. The first-order chi connectivity index (χ1) is 10.7. The van der Waals surface area contributed by atoms with Crippen molar-refractivity contribution in [3.8, 4) is 0 Å². The number of aliphatic hydroxyl groups is 2. The van der Waals surface area contributed by atoms with E-state index in [1.165, 1.54) is 7.11 Å². The average Bonchev–Trinajstić information content (AvgIpc) is 2.99. The second-order valence-corrected chi connectivity index (χ2v) is 7.40. The van der Waals surface area contributed by atoms with Crippen molar-refractivity contribution in [1.29, 1.82) is 0 Å². The summed E-state index contributed by atoms with van der Waals surface area (Å²) in [5, 5.41) is 20.9. The van der Waals surface area contributed by atoms with E-state index in [0.29, 0.717) is 0 Å². The molecule has 0 aromatic rings. The molecule has 1 fully saturated rings. The molecule has 1 saturated heterocycles. The SMILES string of the molecule is COC(C)C(O)(C(=O)OCC1=CC[N+]2(C)CCC(O)C12)C(C)C.[I-]. The summed E-state index contributed by atoms with van der Waals surface area (Å²) in [7, 11) is 3.58. The third-order valence-corrected chi connectivity index (χ3v) is 5.67. The molecule has 2 N–H and O–H groups in total. The van der Waals surface area contributed by atoms with Gasteiger partial charge in [0, 0.05) is 19.1 Å². The fraction of sp³-hybridized carbons (Fsp3) is 0.824. The maximum absolute atomic E-state index is 12.5. The van der Waals surface area contributed by atoms with Crippen molar-refractivity contribution in [2.45, 2.75) is 51.0 Å². The number of hydrogen-bond donors (Lipinski definition) is 2. The Bertz CT molecular complexity index is 497. The van der Waals surface area contributed by atoms with Gasteiger partial charge in [-0.1, -0.05) is 13.8 Å². The molecule has 2 aliphatic heterocycles. The smallest absolute Gasteiger partial charge is 0.341 e. The highest BCUT2D eigenvalue weighted by Crippen LogP contribution is 2.35. The van der Waals surface area contributed by atoms with Crippen LogP contribution in [-0.4, -0.2) is 78.4 Å². The highest BCUT2D eigenvalue weighted by Gasteiger charge is 2.51. The van der Waals surface area contributed by atoms with E-state index in [9.17, 15) is 15.0 Å². The topological polar surface area (TPSA) is 76.0 Å². The number of nitrogens with zero attached hydrogens (tertiary/aromatic N) is 1. The molecule has 7 heteroatoms. The molecule has 0 aliphatic carbocycles. The monoisotopic (exact) mass is 455 g/mol. The van der Waals surface area contributed by atoms with Gasteiger partial charge < -0.3 is 48.1 Å². The van der Waals surface area contributed by atoms with Crippen molar-refractivity contribution in [3.05, 3.63) is 11.6 Å². The van der Waals surface area contributed by atoms with Gasteiger partial charge in [-0.05, 0) is 18.9 Å². The number of hydrogen-bond acceptors (Lipinski definition) is 5. The molecule has 2 aliphatic rings. The van der Waals surface area contributed by atoms with E-state index < -0.39 is 23.8 Å². The lowest BCUT2D eigenvalue weighted by Crippen LogP contribution is -3.00. The van der Waals surface area contributed by atoms with Gasteiger partial charge in [0.05, 0.1) is 26.2 Å². The van der Waals surface area contributed by atoms with Crippen LogP contribution < -0.4 is 24.0 Å². The van der Waals surface area contributed by atoms with E-state index in [-0.39, 0.29) is 42.5 Å². The molecule has 0 spiro atoms. The Balaban J connectivity index is 0.00000288. The molecule has 24 heavy (non-hydrogen) atoms. The van der Waals surface area contributed by atoms with Crippen LogP contribution in [0.4, 0.5) is 0 Å². The van der Waals surface area contributed by atoms with E-state index in [1.54, 1.807) is 20.8 Å². The van der Waals surface area contributed by atoms with Crippen molar-refractivity contribution >= 4 is 5.97 Å². The third-order valence-electron chi connectivity index (χ3n) is 5.67. The van der Waals surface area contributed by atoms with Crippen LogP contribution in [0.3, 0.4) is 0 Å². The van der Waals surface area contributed by atoms with Gasteiger partial charge in [0.2, 0.25) is 0 Å². The highest BCUT2D eigenvalue weighted by atomic mass is 127. The number of methoxy groups -OCH3 is 1. The predicted molar refractivity (Wildman–Crippen MR) is 85.6 cm³/mol. The lowest BCUT2D eigenvalue weighted by atomic mass is 9.85. The molecule has 0 radical (unpaired) electrons. The zero-order valence-corrected chi connectivity index (χ0v) is 17.3.